The van der Waals surface area contributed by atoms with Gasteiger partial charge in [0.05, 0.1) is 36.1 Å². The van der Waals surface area contributed by atoms with Gasteiger partial charge in [-0.15, -0.1) is 0 Å². The molecule has 3 aromatic rings. The molecule has 2 fully saturated rings. The Bertz CT molecular complexity index is 1190. The fraction of sp³-hybridized carbons (Fsp3) is 0.393. The zero-order valence-electron chi connectivity index (χ0n) is 20.4. The minimum absolute atomic E-state index is 0.0826. The van der Waals surface area contributed by atoms with E-state index in [0.29, 0.717) is 37.0 Å². The highest BCUT2D eigenvalue weighted by Crippen LogP contribution is 2.47. The fourth-order valence-corrected chi connectivity index (χ4v) is 5.63. The second kappa shape index (κ2) is 10.5. The summed E-state index contributed by atoms with van der Waals surface area (Å²) in [6.45, 7) is 2.39. The number of hydrogen-bond donors (Lipinski definition) is 2. The van der Waals surface area contributed by atoms with Crippen molar-refractivity contribution in [3.8, 4) is 6.01 Å². The summed E-state index contributed by atoms with van der Waals surface area (Å²) in [7, 11) is 0. The molecule has 3 heterocycles. The molecular formula is C28H31FN4O3. The normalized spacial score (nSPS) is 20.8. The standard InChI is InChI=1S/C28H31FN4O3/c1-2-36-28-30-16-22(17-31-28)32-25-13-18(4-12-27(34)35)3-11-26(25)33-23-9-10-24(33)15-20(14-23)19-5-7-21(29)8-6-19/h3,5-8,11,13,16-17,20,23-24,32H,2,4,9-10,12,14-15H2,1H3,(H,34,35). The number of carbonyl (C=O) groups is 1. The van der Waals surface area contributed by atoms with Crippen molar-refractivity contribution >= 4 is 23.0 Å². The second-order valence-electron chi connectivity index (χ2n) is 9.57. The number of piperidine rings is 1. The molecule has 188 valence electrons. The van der Waals surface area contributed by atoms with Gasteiger partial charge in [-0.3, -0.25) is 4.79 Å². The average molecular weight is 491 g/mol. The summed E-state index contributed by atoms with van der Waals surface area (Å²) in [6.07, 6.45) is 8.22. The molecule has 2 saturated heterocycles. The summed E-state index contributed by atoms with van der Waals surface area (Å²) in [5.41, 5.74) is 4.94. The maximum atomic E-state index is 13.5. The monoisotopic (exact) mass is 490 g/mol. The van der Waals surface area contributed by atoms with E-state index in [1.54, 1.807) is 24.5 Å². The van der Waals surface area contributed by atoms with Crippen LogP contribution in [-0.4, -0.2) is 39.7 Å². The summed E-state index contributed by atoms with van der Waals surface area (Å²) < 4.78 is 18.8. The van der Waals surface area contributed by atoms with Crippen molar-refractivity contribution in [2.75, 3.05) is 16.8 Å². The van der Waals surface area contributed by atoms with Gasteiger partial charge in [0, 0.05) is 18.5 Å². The summed E-state index contributed by atoms with van der Waals surface area (Å²) in [5.74, 6) is -0.587. The number of ether oxygens (including phenoxy) is 1. The van der Waals surface area contributed by atoms with E-state index in [2.05, 4.69) is 26.3 Å². The van der Waals surface area contributed by atoms with Crippen LogP contribution in [0.2, 0.25) is 0 Å². The number of carboxylic acid groups (broad SMARTS) is 1. The molecule has 7 nitrogen and oxygen atoms in total. The lowest BCUT2D eigenvalue weighted by Gasteiger charge is -2.42. The van der Waals surface area contributed by atoms with Gasteiger partial charge in [-0.05, 0) is 80.3 Å². The minimum Gasteiger partial charge on any atom is -0.481 e. The molecule has 0 spiro atoms. The SMILES string of the molecule is CCOc1ncc(Nc2cc(CCC(=O)O)ccc2N2C3CCC2CC(c2ccc(F)cc2)C3)cn1. The first-order valence-electron chi connectivity index (χ1n) is 12.6. The lowest BCUT2D eigenvalue weighted by Crippen LogP contribution is -2.42. The number of rotatable bonds is 9. The average Bonchev–Trinajstić information content (AvgIpc) is 3.13. The summed E-state index contributed by atoms with van der Waals surface area (Å²) in [6, 6.07) is 14.3. The van der Waals surface area contributed by atoms with Crippen LogP contribution in [0.3, 0.4) is 0 Å². The van der Waals surface area contributed by atoms with E-state index in [1.165, 1.54) is 5.56 Å². The van der Waals surface area contributed by atoms with E-state index in [9.17, 15) is 9.18 Å². The molecule has 2 atom stereocenters. The lowest BCUT2D eigenvalue weighted by atomic mass is 9.84. The van der Waals surface area contributed by atoms with Crippen molar-refractivity contribution in [1.82, 2.24) is 9.97 Å². The predicted octanol–water partition coefficient (Wildman–Crippen LogP) is 5.69. The fourth-order valence-electron chi connectivity index (χ4n) is 5.63. The highest BCUT2D eigenvalue weighted by Gasteiger charge is 2.42. The van der Waals surface area contributed by atoms with E-state index in [1.807, 2.05) is 31.2 Å². The third kappa shape index (κ3) is 5.27. The Morgan fingerprint density at radius 1 is 1.11 bits per heavy atom. The number of aliphatic carboxylic acids is 1. The van der Waals surface area contributed by atoms with Gasteiger partial charge in [0.1, 0.15) is 5.82 Å². The van der Waals surface area contributed by atoms with Crippen molar-refractivity contribution in [3.05, 3.63) is 71.8 Å². The maximum Gasteiger partial charge on any atom is 0.316 e. The van der Waals surface area contributed by atoms with E-state index >= 15 is 0 Å². The number of hydrogen-bond acceptors (Lipinski definition) is 6. The largest absolute Gasteiger partial charge is 0.481 e. The molecule has 0 saturated carbocycles. The Morgan fingerprint density at radius 3 is 2.44 bits per heavy atom. The first-order chi connectivity index (χ1) is 17.5. The number of nitrogens with zero attached hydrogens (tertiary/aromatic N) is 3. The molecule has 8 heteroatoms. The number of aryl methyl sites for hydroxylation is 1. The molecule has 2 aromatic carbocycles. The predicted molar refractivity (Wildman–Crippen MR) is 137 cm³/mol. The summed E-state index contributed by atoms with van der Waals surface area (Å²) in [4.78, 5) is 22.2. The molecule has 0 aliphatic carbocycles. The molecular weight excluding hydrogens is 459 g/mol. The number of carboxylic acids is 1. The van der Waals surface area contributed by atoms with Crippen molar-refractivity contribution in [3.63, 3.8) is 0 Å². The van der Waals surface area contributed by atoms with Crippen LogP contribution in [-0.2, 0) is 11.2 Å². The zero-order valence-corrected chi connectivity index (χ0v) is 20.4. The van der Waals surface area contributed by atoms with Gasteiger partial charge < -0.3 is 20.1 Å². The van der Waals surface area contributed by atoms with Crippen LogP contribution in [0.4, 0.5) is 21.5 Å². The Labute approximate surface area is 210 Å². The van der Waals surface area contributed by atoms with Gasteiger partial charge in [-0.2, -0.15) is 0 Å². The van der Waals surface area contributed by atoms with E-state index in [0.717, 1.165) is 48.3 Å². The molecule has 36 heavy (non-hydrogen) atoms. The first kappa shape index (κ1) is 24.0. The molecule has 0 radical (unpaired) electrons. The van der Waals surface area contributed by atoms with Crippen molar-refractivity contribution in [1.29, 1.82) is 0 Å². The summed E-state index contributed by atoms with van der Waals surface area (Å²) >= 11 is 0. The highest BCUT2D eigenvalue weighted by atomic mass is 19.1. The van der Waals surface area contributed by atoms with Gasteiger partial charge in [0.2, 0.25) is 0 Å². The molecule has 1 aromatic heterocycles. The second-order valence-corrected chi connectivity index (χ2v) is 9.57. The molecule has 5 rings (SSSR count). The van der Waals surface area contributed by atoms with Crippen LogP contribution < -0.4 is 15.0 Å². The number of anilines is 3. The van der Waals surface area contributed by atoms with Gasteiger partial charge in [-0.25, -0.2) is 14.4 Å². The van der Waals surface area contributed by atoms with Crippen LogP contribution in [0.15, 0.2) is 54.9 Å². The Balaban J connectivity index is 1.41. The highest BCUT2D eigenvalue weighted by molar-refractivity contribution is 5.77. The smallest absolute Gasteiger partial charge is 0.316 e. The van der Waals surface area contributed by atoms with Crippen molar-refractivity contribution in [2.24, 2.45) is 0 Å². The number of nitrogens with one attached hydrogen (secondary N) is 1. The lowest BCUT2D eigenvalue weighted by molar-refractivity contribution is -0.136. The zero-order chi connectivity index (χ0) is 25.1. The molecule has 2 aliphatic heterocycles. The van der Waals surface area contributed by atoms with Crippen LogP contribution >= 0.6 is 0 Å². The number of aromatic nitrogens is 2. The van der Waals surface area contributed by atoms with E-state index in [-0.39, 0.29) is 12.2 Å². The van der Waals surface area contributed by atoms with E-state index in [4.69, 9.17) is 9.84 Å². The van der Waals surface area contributed by atoms with Crippen LogP contribution in [0, 0.1) is 5.82 Å². The molecule has 0 amide bonds. The molecule has 2 aliphatic rings. The molecule has 2 unspecified atom stereocenters. The first-order valence-corrected chi connectivity index (χ1v) is 12.6. The van der Waals surface area contributed by atoms with Gasteiger partial charge in [0.25, 0.3) is 0 Å². The number of fused-ring (bicyclic) bond motifs is 2. The molecule has 2 bridgehead atoms. The summed E-state index contributed by atoms with van der Waals surface area (Å²) in [5, 5.41) is 12.6. The topological polar surface area (TPSA) is 87.6 Å². The number of halogens is 1. The van der Waals surface area contributed by atoms with Crippen molar-refractivity contribution in [2.45, 2.75) is 63.5 Å². The van der Waals surface area contributed by atoms with Crippen LogP contribution in [0.5, 0.6) is 6.01 Å². The number of benzene rings is 2. The Hall–Kier alpha value is -3.68. The van der Waals surface area contributed by atoms with Gasteiger partial charge >= 0.3 is 12.0 Å². The minimum atomic E-state index is -0.811. The third-order valence-electron chi connectivity index (χ3n) is 7.22. The maximum absolute atomic E-state index is 13.5. The third-order valence-corrected chi connectivity index (χ3v) is 7.22. The van der Waals surface area contributed by atoms with E-state index < -0.39 is 5.97 Å². The Kier molecular flexibility index (Phi) is 7.02. The quantitative estimate of drug-likeness (QED) is 0.398. The molecule has 2 N–H and O–H groups in total. The van der Waals surface area contributed by atoms with Gasteiger partial charge in [-0.1, -0.05) is 18.2 Å². The van der Waals surface area contributed by atoms with Crippen LogP contribution in [0.1, 0.15) is 56.1 Å². The van der Waals surface area contributed by atoms with Gasteiger partial charge in [0.15, 0.2) is 0 Å². The van der Waals surface area contributed by atoms with Crippen LogP contribution in [0.25, 0.3) is 0 Å². The Morgan fingerprint density at radius 2 is 1.81 bits per heavy atom. The van der Waals surface area contributed by atoms with Crippen molar-refractivity contribution < 1.29 is 19.0 Å².